The summed E-state index contributed by atoms with van der Waals surface area (Å²) in [7, 11) is 0. The van der Waals surface area contributed by atoms with Crippen molar-refractivity contribution in [3.63, 3.8) is 0 Å². The summed E-state index contributed by atoms with van der Waals surface area (Å²) in [5.74, 6) is 2.31. The van der Waals surface area contributed by atoms with Gasteiger partial charge in [-0.05, 0) is 44.2 Å². The number of amides is 1. The predicted molar refractivity (Wildman–Crippen MR) is 102 cm³/mol. The number of piperidine rings is 1. The molecule has 5 rings (SSSR count). The largest absolute Gasteiger partial charge is 0.481 e. The summed E-state index contributed by atoms with van der Waals surface area (Å²) >= 11 is 0. The molecular weight excluding hydrogens is 356 g/mol. The predicted octanol–water partition coefficient (Wildman–Crippen LogP) is 3.63. The van der Waals surface area contributed by atoms with Crippen LogP contribution in [0.25, 0.3) is 10.9 Å². The molecule has 1 saturated carbocycles. The average molecular weight is 378 g/mol. The first-order valence-corrected chi connectivity index (χ1v) is 9.89. The Bertz CT molecular complexity index is 993. The molecule has 0 bridgehead atoms. The van der Waals surface area contributed by atoms with Gasteiger partial charge in [-0.15, -0.1) is 0 Å². The first kappa shape index (κ1) is 17.2. The standard InChI is InChI=1S/C21H22N4O3/c26-18(13-27-17-8-3-5-14-6-4-11-22-19(14)17)25-12-2-1-7-16(25)20-23-21(28-24-20)15-9-10-15/h3-6,8,11,15-16H,1-2,7,9-10,12-13H2. The van der Waals surface area contributed by atoms with Crippen molar-refractivity contribution in [2.24, 2.45) is 0 Å². The van der Waals surface area contributed by atoms with Gasteiger partial charge in [-0.1, -0.05) is 23.4 Å². The molecule has 0 spiro atoms. The van der Waals surface area contributed by atoms with Crippen LogP contribution in [0.5, 0.6) is 5.75 Å². The van der Waals surface area contributed by atoms with Crippen molar-refractivity contribution in [2.45, 2.75) is 44.1 Å². The van der Waals surface area contributed by atoms with Crippen molar-refractivity contribution in [1.29, 1.82) is 0 Å². The maximum Gasteiger partial charge on any atom is 0.261 e. The third-order valence-corrected chi connectivity index (χ3v) is 5.45. The number of carbonyl (C=O) groups is 1. The van der Waals surface area contributed by atoms with Gasteiger partial charge in [0.2, 0.25) is 5.89 Å². The molecule has 1 saturated heterocycles. The highest BCUT2D eigenvalue weighted by Gasteiger charge is 2.35. The molecule has 0 radical (unpaired) electrons. The minimum atomic E-state index is -0.133. The molecule has 2 aromatic heterocycles. The fraction of sp³-hybridized carbons (Fsp3) is 0.429. The van der Waals surface area contributed by atoms with Crippen LogP contribution in [-0.2, 0) is 4.79 Å². The van der Waals surface area contributed by atoms with Crippen LogP contribution >= 0.6 is 0 Å². The number of ether oxygens (including phenoxy) is 1. The second kappa shape index (κ2) is 7.22. The Balaban J connectivity index is 1.31. The topological polar surface area (TPSA) is 81.4 Å². The second-order valence-electron chi connectivity index (χ2n) is 7.48. The molecule has 1 aliphatic heterocycles. The van der Waals surface area contributed by atoms with E-state index in [0.717, 1.165) is 43.0 Å². The third-order valence-electron chi connectivity index (χ3n) is 5.45. The van der Waals surface area contributed by atoms with Crippen LogP contribution in [0.2, 0.25) is 0 Å². The third kappa shape index (κ3) is 3.32. The van der Waals surface area contributed by atoms with Gasteiger partial charge in [0.25, 0.3) is 5.91 Å². The van der Waals surface area contributed by atoms with E-state index in [-0.39, 0.29) is 18.6 Å². The van der Waals surface area contributed by atoms with Crippen LogP contribution in [0, 0.1) is 0 Å². The molecule has 144 valence electrons. The van der Waals surface area contributed by atoms with E-state index in [1.165, 1.54) is 0 Å². The normalized spacial score (nSPS) is 19.7. The Morgan fingerprint density at radius 3 is 2.96 bits per heavy atom. The van der Waals surface area contributed by atoms with E-state index in [9.17, 15) is 4.79 Å². The Morgan fingerprint density at radius 2 is 2.07 bits per heavy atom. The van der Waals surface area contributed by atoms with Crippen LogP contribution in [0.4, 0.5) is 0 Å². The summed E-state index contributed by atoms with van der Waals surface area (Å²) in [6, 6.07) is 9.46. The summed E-state index contributed by atoms with van der Waals surface area (Å²) < 4.78 is 11.3. The van der Waals surface area contributed by atoms with Gasteiger partial charge in [0.15, 0.2) is 12.4 Å². The van der Waals surface area contributed by atoms with Gasteiger partial charge in [0.05, 0.1) is 6.04 Å². The number of hydrogen-bond acceptors (Lipinski definition) is 6. The average Bonchev–Trinajstić information content (AvgIpc) is 3.48. The Hall–Kier alpha value is -2.96. The summed E-state index contributed by atoms with van der Waals surface area (Å²) in [6.45, 7) is 0.660. The number of pyridine rings is 1. The van der Waals surface area contributed by atoms with E-state index in [1.54, 1.807) is 6.20 Å². The Labute approximate surface area is 162 Å². The summed E-state index contributed by atoms with van der Waals surface area (Å²) in [5.41, 5.74) is 0.764. The van der Waals surface area contributed by atoms with Gasteiger partial charge in [-0.2, -0.15) is 4.98 Å². The van der Waals surface area contributed by atoms with Crippen molar-refractivity contribution in [1.82, 2.24) is 20.0 Å². The van der Waals surface area contributed by atoms with Gasteiger partial charge in [-0.25, -0.2) is 0 Å². The number of carbonyl (C=O) groups excluding carboxylic acids is 1. The van der Waals surface area contributed by atoms with Gasteiger partial charge in [0.1, 0.15) is 11.3 Å². The highest BCUT2D eigenvalue weighted by atomic mass is 16.5. The number of fused-ring (bicyclic) bond motifs is 1. The minimum Gasteiger partial charge on any atom is -0.481 e. The molecule has 28 heavy (non-hydrogen) atoms. The Morgan fingerprint density at radius 1 is 1.18 bits per heavy atom. The minimum absolute atomic E-state index is 0.0283. The van der Waals surface area contributed by atoms with E-state index >= 15 is 0 Å². The number of likely N-dealkylation sites (tertiary alicyclic amines) is 1. The highest BCUT2D eigenvalue weighted by molar-refractivity contribution is 5.85. The quantitative estimate of drug-likeness (QED) is 0.674. The lowest BCUT2D eigenvalue weighted by Gasteiger charge is -2.33. The lowest BCUT2D eigenvalue weighted by atomic mass is 10.0. The number of para-hydroxylation sites is 1. The van der Waals surface area contributed by atoms with Gasteiger partial charge >= 0.3 is 0 Å². The second-order valence-corrected chi connectivity index (χ2v) is 7.48. The fourth-order valence-electron chi connectivity index (χ4n) is 3.79. The number of nitrogens with zero attached hydrogens (tertiary/aromatic N) is 4. The van der Waals surface area contributed by atoms with Crippen molar-refractivity contribution in [3.8, 4) is 5.75 Å². The number of hydrogen-bond donors (Lipinski definition) is 0. The molecule has 0 N–H and O–H groups in total. The number of rotatable bonds is 5. The highest BCUT2D eigenvalue weighted by Crippen LogP contribution is 2.40. The summed E-state index contributed by atoms with van der Waals surface area (Å²) in [4.78, 5) is 23.7. The van der Waals surface area contributed by atoms with Crippen LogP contribution in [-0.4, -0.2) is 39.1 Å². The van der Waals surface area contributed by atoms with E-state index < -0.39 is 0 Å². The number of aromatic nitrogens is 3. The molecule has 7 nitrogen and oxygen atoms in total. The molecule has 1 atom stereocenters. The van der Waals surface area contributed by atoms with Crippen LogP contribution < -0.4 is 4.74 Å². The zero-order valence-corrected chi connectivity index (χ0v) is 15.6. The molecular formula is C21H22N4O3. The molecule has 3 aromatic rings. The molecule has 2 aliphatic rings. The summed E-state index contributed by atoms with van der Waals surface area (Å²) in [6.07, 6.45) is 6.83. The van der Waals surface area contributed by atoms with Gasteiger partial charge in [0, 0.05) is 24.0 Å². The number of benzene rings is 1. The first-order chi connectivity index (χ1) is 13.8. The lowest BCUT2D eigenvalue weighted by Crippen LogP contribution is -2.41. The van der Waals surface area contributed by atoms with Gasteiger partial charge < -0.3 is 14.2 Å². The first-order valence-electron chi connectivity index (χ1n) is 9.89. The van der Waals surface area contributed by atoms with E-state index in [1.807, 2.05) is 35.2 Å². The van der Waals surface area contributed by atoms with E-state index in [2.05, 4.69) is 15.1 Å². The Kier molecular flexibility index (Phi) is 4.43. The molecule has 1 unspecified atom stereocenters. The fourth-order valence-corrected chi connectivity index (χ4v) is 3.79. The van der Waals surface area contributed by atoms with E-state index in [0.29, 0.717) is 29.9 Å². The lowest BCUT2D eigenvalue weighted by molar-refractivity contribution is -0.137. The van der Waals surface area contributed by atoms with Crippen molar-refractivity contribution < 1.29 is 14.1 Å². The zero-order chi connectivity index (χ0) is 18.9. The van der Waals surface area contributed by atoms with Crippen LogP contribution in [0.1, 0.15) is 55.8 Å². The summed E-state index contributed by atoms with van der Waals surface area (Å²) in [5, 5.41) is 5.15. The molecule has 7 heteroatoms. The zero-order valence-electron chi connectivity index (χ0n) is 15.6. The smallest absolute Gasteiger partial charge is 0.261 e. The molecule has 3 heterocycles. The van der Waals surface area contributed by atoms with Crippen LogP contribution in [0.3, 0.4) is 0 Å². The maximum absolute atomic E-state index is 12.9. The van der Waals surface area contributed by atoms with Gasteiger partial charge in [-0.3, -0.25) is 9.78 Å². The van der Waals surface area contributed by atoms with Crippen LogP contribution in [0.15, 0.2) is 41.1 Å². The molecule has 1 aliphatic carbocycles. The molecule has 2 fully saturated rings. The van der Waals surface area contributed by atoms with Crippen molar-refractivity contribution >= 4 is 16.8 Å². The molecule has 1 aromatic carbocycles. The monoisotopic (exact) mass is 378 g/mol. The SMILES string of the molecule is O=C(COc1cccc2cccnc12)N1CCCCC1c1noc(C2CC2)n1. The van der Waals surface area contributed by atoms with E-state index in [4.69, 9.17) is 9.26 Å². The van der Waals surface area contributed by atoms with Crippen molar-refractivity contribution in [2.75, 3.05) is 13.2 Å². The van der Waals surface area contributed by atoms with Crippen molar-refractivity contribution in [3.05, 3.63) is 48.2 Å². The molecule has 1 amide bonds. The maximum atomic E-state index is 12.9.